The van der Waals surface area contributed by atoms with E-state index in [-0.39, 0.29) is 0 Å². The molecule has 92 valence electrons. The van der Waals surface area contributed by atoms with Gasteiger partial charge in [-0.15, -0.1) is 0 Å². The van der Waals surface area contributed by atoms with Crippen LogP contribution in [0.3, 0.4) is 0 Å². The van der Waals surface area contributed by atoms with E-state index in [9.17, 15) is 4.79 Å². The molecule has 0 aromatic carbocycles. The molecule has 0 aromatic rings. The molecule has 2 saturated heterocycles. The maximum atomic E-state index is 12.2. The molecule has 3 nitrogen and oxygen atoms in total. The number of hydrogen-bond donors (Lipinski definition) is 1. The molecule has 2 aliphatic heterocycles. The third-order valence-corrected chi connectivity index (χ3v) is 4.16. The van der Waals surface area contributed by atoms with Crippen LogP contribution >= 0.6 is 0 Å². The van der Waals surface area contributed by atoms with Gasteiger partial charge in [0.1, 0.15) is 0 Å². The number of nitrogens with one attached hydrogen (secondary N) is 1. The summed E-state index contributed by atoms with van der Waals surface area (Å²) in [4.78, 5) is 14.4. The molecule has 2 heterocycles. The van der Waals surface area contributed by atoms with E-state index in [0.717, 1.165) is 19.5 Å². The van der Waals surface area contributed by atoms with Crippen LogP contribution in [0.5, 0.6) is 0 Å². The number of rotatable bonds is 2. The number of piperidine rings is 1. The first kappa shape index (κ1) is 11.9. The van der Waals surface area contributed by atoms with Crippen LogP contribution < -0.4 is 5.32 Å². The minimum absolute atomic E-state index is 0.393. The van der Waals surface area contributed by atoms with E-state index in [1.807, 2.05) is 0 Å². The van der Waals surface area contributed by atoms with Gasteiger partial charge in [-0.1, -0.05) is 0 Å². The van der Waals surface area contributed by atoms with Crippen LogP contribution in [-0.4, -0.2) is 36.0 Å². The molecular weight excluding hydrogens is 200 g/mol. The van der Waals surface area contributed by atoms with Crippen molar-refractivity contribution in [2.24, 2.45) is 5.92 Å². The predicted molar refractivity (Wildman–Crippen MR) is 65.2 cm³/mol. The van der Waals surface area contributed by atoms with E-state index in [0.29, 0.717) is 23.9 Å². The first-order valence-electron chi connectivity index (χ1n) is 6.70. The van der Waals surface area contributed by atoms with E-state index in [2.05, 4.69) is 24.1 Å². The zero-order valence-electron chi connectivity index (χ0n) is 10.5. The second-order valence-electron chi connectivity index (χ2n) is 5.47. The molecule has 2 rings (SSSR count). The topological polar surface area (TPSA) is 32.3 Å². The molecule has 2 atom stereocenters. The van der Waals surface area contributed by atoms with Gasteiger partial charge in [-0.3, -0.25) is 4.79 Å². The Morgan fingerprint density at radius 2 is 1.69 bits per heavy atom. The van der Waals surface area contributed by atoms with E-state index >= 15 is 0 Å². The zero-order chi connectivity index (χ0) is 11.5. The Bertz CT molecular complexity index is 238. The Hall–Kier alpha value is -0.570. The highest BCUT2D eigenvalue weighted by Crippen LogP contribution is 2.26. The lowest BCUT2D eigenvalue weighted by Gasteiger charge is -2.29. The number of hydrogen-bond acceptors (Lipinski definition) is 2. The standard InChI is InChI=1S/C13H24N2O/c1-10-3-4-11(2)15(10)13(16)9-12-5-7-14-8-6-12/h10-12,14H,3-9H2,1-2H3/t10-,11-/m1/s1. The fraction of sp³-hybridized carbons (Fsp3) is 0.923. The first-order chi connectivity index (χ1) is 7.68. The number of nitrogens with zero attached hydrogens (tertiary/aromatic N) is 1. The summed E-state index contributed by atoms with van der Waals surface area (Å²) >= 11 is 0. The molecule has 2 fully saturated rings. The average molecular weight is 224 g/mol. The minimum Gasteiger partial charge on any atom is -0.337 e. The van der Waals surface area contributed by atoms with Crippen molar-refractivity contribution in [2.75, 3.05) is 13.1 Å². The summed E-state index contributed by atoms with van der Waals surface area (Å²) in [5, 5.41) is 3.35. The molecule has 0 unspecified atom stereocenters. The van der Waals surface area contributed by atoms with Crippen molar-refractivity contribution in [3.63, 3.8) is 0 Å². The van der Waals surface area contributed by atoms with E-state index < -0.39 is 0 Å². The van der Waals surface area contributed by atoms with Gasteiger partial charge in [0.25, 0.3) is 0 Å². The first-order valence-corrected chi connectivity index (χ1v) is 6.70. The lowest BCUT2D eigenvalue weighted by Crippen LogP contribution is -2.40. The number of carbonyl (C=O) groups excluding carboxylic acids is 1. The van der Waals surface area contributed by atoms with E-state index in [4.69, 9.17) is 0 Å². The van der Waals surface area contributed by atoms with Gasteiger partial charge in [-0.05, 0) is 58.5 Å². The van der Waals surface area contributed by atoms with Crippen molar-refractivity contribution in [3.8, 4) is 0 Å². The summed E-state index contributed by atoms with van der Waals surface area (Å²) in [7, 11) is 0. The van der Waals surface area contributed by atoms with E-state index in [1.165, 1.54) is 25.7 Å². The molecule has 0 radical (unpaired) electrons. The quantitative estimate of drug-likeness (QED) is 0.775. The summed E-state index contributed by atoms with van der Waals surface area (Å²) in [5.74, 6) is 1.01. The van der Waals surface area contributed by atoms with Gasteiger partial charge < -0.3 is 10.2 Å². The number of carbonyl (C=O) groups is 1. The lowest BCUT2D eigenvalue weighted by atomic mass is 9.94. The van der Waals surface area contributed by atoms with Crippen LogP contribution in [0, 0.1) is 5.92 Å². The van der Waals surface area contributed by atoms with Gasteiger partial charge in [0.05, 0.1) is 0 Å². The highest BCUT2D eigenvalue weighted by atomic mass is 16.2. The molecule has 0 spiro atoms. The molecule has 0 bridgehead atoms. The summed E-state index contributed by atoms with van der Waals surface area (Å²) < 4.78 is 0. The van der Waals surface area contributed by atoms with Crippen LogP contribution in [0.1, 0.15) is 46.0 Å². The van der Waals surface area contributed by atoms with Crippen molar-refractivity contribution < 1.29 is 4.79 Å². The van der Waals surface area contributed by atoms with Gasteiger partial charge >= 0.3 is 0 Å². The molecule has 0 saturated carbocycles. The van der Waals surface area contributed by atoms with Crippen LogP contribution in [0.4, 0.5) is 0 Å². The van der Waals surface area contributed by atoms with Gasteiger partial charge in [0.15, 0.2) is 0 Å². The third kappa shape index (κ3) is 2.57. The summed E-state index contributed by atoms with van der Waals surface area (Å²) in [6.07, 6.45) is 5.47. The van der Waals surface area contributed by atoms with E-state index in [1.54, 1.807) is 0 Å². The highest BCUT2D eigenvalue weighted by Gasteiger charge is 2.32. The second-order valence-corrected chi connectivity index (χ2v) is 5.47. The Labute approximate surface area is 98.6 Å². The Morgan fingerprint density at radius 1 is 1.12 bits per heavy atom. The SMILES string of the molecule is C[C@@H]1CC[C@@H](C)N1C(=O)CC1CCNCC1. The maximum absolute atomic E-state index is 12.2. The van der Waals surface area contributed by atoms with Crippen LogP contribution in [0.15, 0.2) is 0 Å². The van der Waals surface area contributed by atoms with Crippen molar-refractivity contribution in [1.29, 1.82) is 0 Å². The molecule has 2 aliphatic rings. The van der Waals surface area contributed by atoms with Crippen molar-refractivity contribution in [3.05, 3.63) is 0 Å². The van der Waals surface area contributed by atoms with Crippen LogP contribution in [0.25, 0.3) is 0 Å². The highest BCUT2D eigenvalue weighted by molar-refractivity contribution is 5.77. The maximum Gasteiger partial charge on any atom is 0.223 e. The molecule has 16 heavy (non-hydrogen) atoms. The summed E-state index contributed by atoms with van der Waals surface area (Å²) in [6, 6.07) is 0.924. The summed E-state index contributed by atoms with van der Waals surface area (Å²) in [6.45, 7) is 6.54. The summed E-state index contributed by atoms with van der Waals surface area (Å²) in [5.41, 5.74) is 0. The second kappa shape index (κ2) is 5.17. The molecule has 0 aromatic heterocycles. The smallest absolute Gasteiger partial charge is 0.223 e. The molecular formula is C13H24N2O. The molecule has 3 heteroatoms. The number of likely N-dealkylation sites (tertiary alicyclic amines) is 1. The van der Waals surface area contributed by atoms with Gasteiger partial charge in [-0.25, -0.2) is 0 Å². The van der Waals surface area contributed by atoms with Gasteiger partial charge in [0.2, 0.25) is 5.91 Å². The van der Waals surface area contributed by atoms with Gasteiger partial charge in [-0.2, -0.15) is 0 Å². The molecule has 1 N–H and O–H groups in total. The minimum atomic E-state index is 0.393. The Morgan fingerprint density at radius 3 is 2.25 bits per heavy atom. The molecule has 1 amide bonds. The predicted octanol–water partition coefficient (Wildman–Crippen LogP) is 1.78. The number of amides is 1. The monoisotopic (exact) mass is 224 g/mol. The zero-order valence-corrected chi connectivity index (χ0v) is 10.5. The molecule has 0 aliphatic carbocycles. The lowest BCUT2D eigenvalue weighted by molar-refractivity contribution is -0.134. The van der Waals surface area contributed by atoms with Crippen molar-refractivity contribution in [1.82, 2.24) is 10.2 Å². The van der Waals surface area contributed by atoms with Crippen molar-refractivity contribution in [2.45, 2.75) is 58.0 Å². The van der Waals surface area contributed by atoms with Gasteiger partial charge in [0, 0.05) is 18.5 Å². The third-order valence-electron chi connectivity index (χ3n) is 4.16. The fourth-order valence-corrected chi connectivity index (χ4v) is 3.12. The van der Waals surface area contributed by atoms with Crippen molar-refractivity contribution >= 4 is 5.91 Å². The largest absolute Gasteiger partial charge is 0.337 e. The average Bonchev–Trinajstić information content (AvgIpc) is 2.60. The Balaban J connectivity index is 1.86. The van der Waals surface area contributed by atoms with Crippen LogP contribution in [0.2, 0.25) is 0 Å². The Kier molecular flexibility index (Phi) is 3.85. The normalized spacial score (nSPS) is 32.0. The van der Waals surface area contributed by atoms with Crippen LogP contribution in [-0.2, 0) is 4.79 Å². The fourth-order valence-electron chi connectivity index (χ4n) is 3.12.